The molecule has 0 fully saturated rings. The van der Waals surface area contributed by atoms with Crippen LogP contribution < -0.4 is 10.0 Å². The molecule has 0 saturated heterocycles. The minimum atomic E-state index is -3.71. The quantitative estimate of drug-likeness (QED) is 0.758. The third-order valence-electron chi connectivity index (χ3n) is 3.21. The van der Waals surface area contributed by atoms with Crippen LogP contribution in [-0.4, -0.2) is 21.4 Å². The second-order valence-corrected chi connectivity index (χ2v) is 7.98. The van der Waals surface area contributed by atoms with E-state index in [9.17, 15) is 17.6 Å². The van der Waals surface area contributed by atoms with Crippen molar-refractivity contribution >= 4 is 43.5 Å². The van der Waals surface area contributed by atoms with Crippen LogP contribution in [0.2, 0.25) is 5.02 Å². The van der Waals surface area contributed by atoms with Gasteiger partial charge in [-0.3, -0.25) is 4.79 Å². The topological polar surface area (TPSA) is 75.3 Å². The van der Waals surface area contributed by atoms with Gasteiger partial charge in [-0.2, -0.15) is 0 Å². The van der Waals surface area contributed by atoms with Gasteiger partial charge in [-0.25, -0.2) is 17.5 Å². The zero-order chi connectivity index (χ0) is 17.9. The van der Waals surface area contributed by atoms with Crippen LogP contribution in [0.25, 0.3) is 0 Å². The van der Waals surface area contributed by atoms with Crippen molar-refractivity contribution in [2.75, 3.05) is 7.05 Å². The molecule has 0 saturated carbocycles. The van der Waals surface area contributed by atoms with Crippen molar-refractivity contribution < 1.29 is 17.6 Å². The van der Waals surface area contributed by atoms with Gasteiger partial charge in [-0.1, -0.05) is 27.5 Å². The van der Waals surface area contributed by atoms with Gasteiger partial charge in [0.1, 0.15) is 5.82 Å². The first kappa shape index (κ1) is 18.9. The van der Waals surface area contributed by atoms with E-state index in [2.05, 4.69) is 26.0 Å². The Balaban J connectivity index is 2.24. The normalized spacial score (nSPS) is 11.3. The standard InChI is InChI=1S/C15H13BrClFN2O3S/c1-19-24(22,23)11-3-4-13(17)12(7-11)15(21)20-8-9-6-10(16)2-5-14(9)18/h2-7,19H,8H2,1H3,(H,20,21). The van der Waals surface area contributed by atoms with E-state index in [0.29, 0.717) is 4.47 Å². The first-order valence-electron chi connectivity index (χ1n) is 6.70. The first-order valence-corrected chi connectivity index (χ1v) is 9.35. The molecule has 2 aromatic carbocycles. The fourth-order valence-corrected chi connectivity index (χ4v) is 3.28. The zero-order valence-electron chi connectivity index (χ0n) is 12.4. The number of halogens is 3. The molecule has 0 spiro atoms. The maximum atomic E-state index is 13.7. The summed E-state index contributed by atoms with van der Waals surface area (Å²) in [6.45, 7) is -0.0660. The lowest BCUT2D eigenvalue weighted by Crippen LogP contribution is -2.25. The molecule has 0 aliphatic carbocycles. The van der Waals surface area contributed by atoms with Crippen molar-refractivity contribution in [3.63, 3.8) is 0 Å². The summed E-state index contributed by atoms with van der Waals surface area (Å²) in [5, 5.41) is 2.62. The maximum Gasteiger partial charge on any atom is 0.253 e. The summed E-state index contributed by atoms with van der Waals surface area (Å²) in [5.41, 5.74) is 0.274. The number of rotatable bonds is 5. The van der Waals surface area contributed by atoms with Crippen LogP contribution in [0.4, 0.5) is 4.39 Å². The van der Waals surface area contributed by atoms with Crippen LogP contribution in [0.15, 0.2) is 45.8 Å². The summed E-state index contributed by atoms with van der Waals surface area (Å²) in [7, 11) is -2.44. The predicted octanol–water partition coefficient (Wildman–Crippen LogP) is 3.08. The van der Waals surface area contributed by atoms with E-state index in [1.165, 1.54) is 31.3 Å². The van der Waals surface area contributed by atoms with Crippen LogP contribution >= 0.6 is 27.5 Å². The Morgan fingerprint density at radius 2 is 1.96 bits per heavy atom. The first-order chi connectivity index (χ1) is 11.2. The van der Waals surface area contributed by atoms with Gasteiger partial charge in [0.25, 0.3) is 5.91 Å². The highest BCUT2D eigenvalue weighted by Gasteiger charge is 2.17. The molecule has 128 valence electrons. The Bertz CT molecular complexity index is 890. The average Bonchev–Trinajstić information content (AvgIpc) is 2.55. The summed E-state index contributed by atoms with van der Waals surface area (Å²) < 4.78 is 40.1. The van der Waals surface area contributed by atoms with Gasteiger partial charge >= 0.3 is 0 Å². The lowest BCUT2D eigenvalue weighted by atomic mass is 10.2. The molecule has 0 unspecified atom stereocenters. The molecule has 0 bridgehead atoms. The second-order valence-electron chi connectivity index (χ2n) is 4.77. The molecule has 9 heteroatoms. The number of sulfonamides is 1. The van der Waals surface area contributed by atoms with Gasteiger partial charge in [0.15, 0.2) is 0 Å². The Kier molecular flexibility index (Phi) is 5.97. The Morgan fingerprint density at radius 1 is 1.25 bits per heavy atom. The van der Waals surface area contributed by atoms with Gasteiger partial charge in [0.05, 0.1) is 15.5 Å². The number of nitrogens with one attached hydrogen (secondary N) is 2. The van der Waals surface area contributed by atoms with Crippen molar-refractivity contribution in [2.45, 2.75) is 11.4 Å². The van der Waals surface area contributed by atoms with E-state index in [-0.39, 0.29) is 27.6 Å². The van der Waals surface area contributed by atoms with Crippen LogP contribution in [-0.2, 0) is 16.6 Å². The maximum absolute atomic E-state index is 13.7. The smallest absolute Gasteiger partial charge is 0.253 e. The highest BCUT2D eigenvalue weighted by Crippen LogP contribution is 2.21. The SMILES string of the molecule is CNS(=O)(=O)c1ccc(Cl)c(C(=O)NCc2cc(Br)ccc2F)c1. The lowest BCUT2D eigenvalue weighted by Gasteiger charge is -2.10. The van der Waals surface area contributed by atoms with Crippen molar-refractivity contribution in [1.29, 1.82) is 0 Å². The third-order valence-corrected chi connectivity index (χ3v) is 5.44. The van der Waals surface area contributed by atoms with Crippen LogP contribution in [0.1, 0.15) is 15.9 Å². The van der Waals surface area contributed by atoms with Gasteiger partial charge in [0, 0.05) is 16.6 Å². The van der Waals surface area contributed by atoms with E-state index in [1.54, 1.807) is 12.1 Å². The molecule has 2 rings (SSSR count). The molecule has 0 atom stereocenters. The van der Waals surface area contributed by atoms with Crippen molar-refractivity contribution in [1.82, 2.24) is 10.0 Å². The zero-order valence-corrected chi connectivity index (χ0v) is 15.6. The molecule has 24 heavy (non-hydrogen) atoms. The van der Waals surface area contributed by atoms with Crippen molar-refractivity contribution in [2.24, 2.45) is 0 Å². The Hall–Kier alpha value is -1.48. The molecular formula is C15H13BrClFN2O3S. The van der Waals surface area contributed by atoms with E-state index in [0.717, 1.165) is 0 Å². The molecule has 0 aliphatic heterocycles. The monoisotopic (exact) mass is 434 g/mol. The van der Waals surface area contributed by atoms with E-state index < -0.39 is 21.7 Å². The van der Waals surface area contributed by atoms with E-state index in [4.69, 9.17) is 11.6 Å². The number of hydrogen-bond acceptors (Lipinski definition) is 3. The molecule has 0 aliphatic rings. The minimum absolute atomic E-state index is 0.0107. The van der Waals surface area contributed by atoms with Gasteiger partial charge in [-0.15, -0.1) is 0 Å². The van der Waals surface area contributed by atoms with Crippen molar-refractivity contribution in [3.8, 4) is 0 Å². The van der Waals surface area contributed by atoms with E-state index >= 15 is 0 Å². The summed E-state index contributed by atoms with van der Waals surface area (Å²) >= 11 is 9.19. The summed E-state index contributed by atoms with van der Waals surface area (Å²) in [4.78, 5) is 12.2. The number of hydrogen-bond donors (Lipinski definition) is 2. The van der Waals surface area contributed by atoms with Gasteiger partial charge in [-0.05, 0) is 43.4 Å². The Morgan fingerprint density at radius 3 is 2.62 bits per heavy atom. The molecule has 5 nitrogen and oxygen atoms in total. The minimum Gasteiger partial charge on any atom is -0.348 e. The predicted molar refractivity (Wildman–Crippen MR) is 93.0 cm³/mol. The fraction of sp³-hybridized carbons (Fsp3) is 0.133. The summed E-state index contributed by atoms with van der Waals surface area (Å²) in [5.74, 6) is -1.07. The van der Waals surface area contributed by atoms with E-state index in [1.807, 2.05) is 0 Å². The van der Waals surface area contributed by atoms with Crippen molar-refractivity contribution in [3.05, 3.63) is 62.8 Å². The van der Waals surface area contributed by atoms with Gasteiger partial charge < -0.3 is 5.32 Å². The second kappa shape index (κ2) is 7.60. The summed E-state index contributed by atoms with van der Waals surface area (Å²) in [6.07, 6.45) is 0. The number of amides is 1. The van der Waals surface area contributed by atoms with Crippen LogP contribution in [0, 0.1) is 5.82 Å². The lowest BCUT2D eigenvalue weighted by molar-refractivity contribution is 0.0950. The number of carbonyl (C=O) groups is 1. The highest BCUT2D eigenvalue weighted by molar-refractivity contribution is 9.10. The molecule has 2 aromatic rings. The van der Waals surface area contributed by atoms with Crippen LogP contribution in [0.5, 0.6) is 0 Å². The summed E-state index contributed by atoms with van der Waals surface area (Å²) in [6, 6.07) is 8.14. The molecule has 0 heterocycles. The molecule has 1 amide bonds. The van der Waals surface area contributed by atoms with Gasteiger partial charge in [0.2, 0.25) is 10.0 Å². The van der Waals surface area contributed by atoms with Crippen LogP contribution in [0.3, 0.4) is 0 Å². The largest absolute Gasteiger partial charge is 0.348 e. The molecule has 2 N–H and O–H groups in total. The molecule has 0 radical (unpaired) electrons. The number of benzene rings is 2. The number of carbonyl (C=O) groups excluding carboxylic acids is 1. The Labute approximate surface area is 152 Å². The third kappa shape index (κ3) is 4.32. The molecular weight excluding hydrogens is 423 g/mol. The fourth-order valence-electron chi connectivity index (χ4n) is 1.91. The highest BCUT2D eigenvalue weighted by atomic mass is 79.9. The molecule has 0 aromatic heterocycles. The average molecular weight is 436 g/mol.